The Morgan fingerprint density at radius 2 is 1.10 bits per heavy atom. The van der Waals surface area contributed by atoms with Crippen LogP contribution < -0.4 is 18.9 Å². The maximum Gasteiger partial charge on any atom is 0.210 e. The fraction of sp³-hybridized carbons (Fsp3) is 0.268. The van der Waals surface area contributed by atoms with Gasteiger partial charge in [-0.2, -0.15) is 0 Å². The number of rotatable bonds is 16. The van der Waals surface area contributed by atoms with E-state index in [4.69, 9.17) is 18.9 Å². The summed E-state index contributed by atoms with van der Waals surface area (Å²) in [5.74, 6) is 1.45. The molecule has 0 aliphatic carbocycles. The fourth-order valence-corrected chi connectivity index (χ4v) is 7.95. The lowest BCUT2D eigenvalue weighted by atomic mass is 10.1. The van der Waals surface area contributed by atoms with Crippen molar-refractivity contribution in [3.05, 3.63) is 132 Å². The van der Waals surface area contributed by atoms with E-state index in [-0.39, 0.29) is 50.2 Å². The Kier molecular flexibility index (Phi) is 12.0. The zero-order valence-electron chi connectivity index (χ0n) is 29.9. The van der Waals surface area contributed by atoms with E-state index in [2.05, 4.69) is 6.07 Å². The summed E-state index contributed by atoms with van der Waals surface area (Å²) in [5.41, 5.74) is 1.76. The zero-order valence-corrected chi connectivity index (χ0v) is 31.5. The maximum absolute atomic E-state index is 13.7. The Hall–Kier alpha value is -4.84. The van der Waals surface area contributed by atoms with Crippen molar-refractivity contribution in [2.24, 2.45) is 5.92 Å². The van der Waals surface area contributed by atoms with Gasteiger partial charge in [-0.05, 0) is 111 Å². The van der Waals surface area contributed by atoms with Gasteiger partial charge in [-0.15, -0.1) is 0 Å². The summed E-state index contributed by atoms with van der Waals surface area (Å²) >= 11 is 0. The Morgan fingerprint density at radius 3 is 1.63 bits per heavy atom. The third-order valence-corrected chi connectivity index (χ3v) is 11.7. The smallest absolute Gasteiger partial charge is 0.210 e. The Bertz CT molecular complexity index is 2190. The van der Waals surface area contributed by atoms with E-state index in [1.807, 2.05) is 39.8 Å². The molecule has 274 valence electrons. The van der Waals surface area contributed by atoms with Crippen LogP contribution in [0.25, 0.3) is 0 Å². The van der Waals surface area contributed by atoms with E-state index in [0.29, 0.717) is 24.7 Å². The van der Waals surface area contributed by atoms with Crippen LogP contribution in [-0.4, -0.2) is 47.4 Å². The minimum atomic E-state index is -3.99. The monoisotopic (exact) mass is 744 g/mol. The van der Waals surface area contributed by atoms with Crippen molar-refractivity contribution in [1.29, 1.82) is 0 Å². The van der Waals surface area contributed by atoms with Gasteiger partial charge in [0, 0.05) is 0 Å². The number of sulfone groups is 2. The zero-order chi connectivity index (χ0) is 37.5. The molecule has 0 bridgehead atoms. The predicted molar refractivity (Wildman–Crippen MR) is 199 cm³/mol. The fourth-order valence-electron chi connectivity index (χ4n) is 5.15. The predicted octanol–water partition coefficient (Wildman–Crippen LogP) is 7.79. The molecule has 1 atom stereocenters. The average Bonchev–Trinajstić information content (AvgIpc) is 3.13. The summed E-state index contributed by atoms with van der Waals surface area (Å²) in [6, 6.07) is 31.0. The van der Waals surface area contributed by atoms with Crippen molar-refractivity contribution in [3.63, 3.8) is 0 Å². The first-order valence-electron chi connectivity index (χ1n) is 16.8. The van der Waals surface area contributed by atoms with Gasteiger partial charge in [-0.1, -0.05) is 61.9 Å². The normalized spacial score (nSPS) is 13.0. The van der Waals surface area contributed by atoms with Crippen molar-refractivity contribution in [1.82, 2.24) is 0 Å². The van der Waals surface area contributed by atoms with E-state index >= 15 is 0 Å². The van der Waals surface area contributed by atoms with Gasteiger partial charge in [0.05, 0.1) is 16.4 Å². The van der Waals surface area contributed by atoms with Gasteiger partial charge < -0.3 is 24.1 Å². The highest BCUT2D eigenvalue weighted by Gasteiger charge is 2.27. The number of aliphatic hydroxyl groups is 1. The van der Waals surface area contributed by atoms with Crippen LogP contribution in [0.3, 0.4) is 0 Å². The van der Waals surface area contributed by atoms with Crippen LogP contribution in [0.1, 0.15) is 37.5 Å². The highest BCUT2D eigenvalue weighted by atomic mass is 32.2. The van der Waals surface area contributed by atoms with E-state index in [9.17, 15) is 21.9 Å². The first-order chi connectivity index (χ1) is 24.7. The minimum absolute atomic E-state index is 0.0521. The second-order valence-corrected chi connectivity index (χ2v) is 17.2. The molecule has 5 rings (SSSR count). The molecule has 0 fully saturated rings. The number of para-hydroxylation sites is 2. The number of hydrogen-bond acceptors (Lipinski definition) is 9. The molecule has 0 spiro atoms. The van der Waals surface area contributed by atoms with Crippen LogP contribution in [0.4, 0.5) is 0 Å². The molecule has 11 heteroatoms. The topological polar surface area (TPSA) is 125 Å². The maximum atomic E-state index is 13.7. The van der Waals surface area contributed by atoms with E-state index in [0.717, 1.165) is 16.7 Å². The first kappa shape index (κ1) is 38.4. The third kappa shape index (κ3) is 9.52. The van der Waals surface area contributed by atoms with Gasteiger partial charge >= 0.3 is 0 Å². The van der Waals surface area contributed by atoms with Crippen LogP contribution >= 0.6 is 0 Å². The summed E-state index contributed by atoms with van der Waals surface area (Å²) in [6.45, 7) is 9.72. The minimum Gasteiger partial charge on any atom is -0.492 e. The summed E-state index contributed by atoms with van der Waals surface area (Å²) in [6.07, 6.45) is 0. The van der Waals surface area contributed by atoms with Gasteiger partial charge in [0.1, 0.15) is 58.2 Å². The van der Waals surface area contributed by atoms with Crippen LogP contribution in [-0.2, 0) is 26.3 Å². The van der Waals surface area contributed by atoms with Crippen molar-refractivity contribution in [3.8, 4) is 23.0 Å². The van der Waals surface area contributed by atoms with Crippen LogP contribution in [0.5, 0.6) is 23.0 Å². The molecule has 5 aromatic rings. The van der Waals surface area contributed by atoms with Crippen molar-refractivity contribution >= 4 is 19.7 Å². The number of hydrogen-bond donors (Lipinski definition) is 1. The van der Waals surface area contributed by atoms with Crippen molar-refractivity contribution in [2.75, 3.05) is 19.8 Å². The van der Waals surface area contributed by atoms with Gasteiger partial charge in [0.25, 0.3) is 0 Å². The van der Waals surface area contributed by atoms with Gasteiger partial charge in [0.15, 0.2) is 0 Å². The standard InChI is InChI=1S/C41H44O9S2/c1-29(2)25-48-37-10-6-8-12-39(37)51(43,44)36-22-18-34(19-23-36)49-27-41(5,42)28-50-38-11-7-9-13-40(38)52(45,46)35-20-16-33(17-21-35)47-26-32-24-30(3)14-15-31(32)4/h6-24,29,42H,25-28H2,1-5H3. The van der Waals surface area contributed by atoms with Gasteiger partial charge in [-0.25, -0.2) is 16.8 Å². The molecular weight excluding hydrogens is 701 g/mol. The first-order valence-corrected chi connectivity index (χ1v) is 19.8. The molecule has 9 nitrogen and oxygen atoms in total. The molecule has 0 aliphatic heterocycles. The lowest BCUT2D eigenvalue weighted by Gasteiger charge is -2.24. The summed E-state index contributed by atoms with van der Waals surface area (Å²) in [5, 5.41) is 11.1. The molecule has 52 heavy (non-hydrogen) atoms. The van der Waals surface area contributed by atoms with Crippen molar-refractivity contribution in [2.45, 2.75) is 66.4 Å². The number of benzene rings is 5. The summed E-state index contributed by atoms with van der Waals surface area (Å²) < 4.78 is 77.5. The number of aryl methyl sites for hydroxylation is 2. The van der Waals surface area contributed by atoms with E-state index in [1.54, 1.807) is 42.5 Å². The third-order valence-electron chi connectivity index (χ3n) is 8.10. The highest BCUT2D eigenvalue weighted by Crippen LogP contribution is 2.32. The summed E-state index contributed by atoms with van der Waals surface area (Å²) in [7, 11) is -7.86. The lowest BCUT2D eigenvalue weighted by Crippen LogP contribution is -2.39. The largest absolute Gasteiger partial charge is 0.492 e. The van der Waals surface area contributed by atoms with Gasteiger partial charge in [-0.3, -0.25) is 0 Å². The second-order valence-electron chi connectivity index (χ2n) is 13.3. The molecule has 0 aromatic heterocycles. The van der Waals surface area contributed by atoms with Crippen LogP contribution in [0, 0.1) is 19.8 Å². The molecule has 0 saturated heterocycles. The molecule has 0 radical (unpaired) electrons. The molecule has 0 heterocycles. The molecule has 1 unspecified atom stereocenters. The molecule has 1 N–H and O–H groups in total. The summed E-state index contributed by atoms with van der Waals surface area (Å²) in [4.78, 5) is 0.146. The van der Waals surface area contributed by atoms with Crippen molar-refractivity contribution < 1.29 is 40.9 Å². The Balaban J connectivity index is 1.20. The highest BCUT2D eigenvalue weighted by molar-refractivity contribution is 7.92. The lowest BCUT2D eigenvalue weighted by molar-refractivity contribution is -0.0253. The molecular formula is C41H44O9S2. The number of ether oxygens (including phenoxy) is 4. The van der Waals surface area contributed by atoms with E-state index in [1.165, 1.54) is 61.5 Å². The Labute approximate surface area is 306 Å². The SMILES string of the molecule is Cc1ccc(C)c(COc2ccc(S(=O)(=O)c3ccccc3OCC(C)(O)COc3ccc(S(=O)(=O)c4ccccc4OCC(C)C)cc3)cc2)c1. The quantitative estimate of drug-likeness (QED) is 0.108. The molecule has 0 amide bonds. The molecule has 0 aliphatic rings. The van der Waals surface area contributed by atoms with Gasteiger partial charge in [0.2, 0.25) is 19.7 Å². The average molecular weight is 745 g/mol. The van der Waals surface area contributed by atoms with Crippen LogP contribution in [0.2, 0.25) is 0 Å². The van der Waals surface area contributed by atoms with E-state index < -0.39 is 25.3 Å². The van der Waals surface area contributed by atoms with Crippen LogP contribution in [0.15, 0.2) is 135 Å². The second kappa shape index (κ2) is 16.2. The molecule has 0 saturated carbocycles. The Morgan fingerprint density at radius 1 is 0.615 bits per heavy atom. The molecule has 5 aromatic carbocycles.